The quantitative estimate of drug-likeness (QED) is 0.837. The van der Waals surface area contributed by atoms with Crippen molar-refractivity contribution in [2.24, 2.45) is 0 Å². The number of rotatable bonds is 3. The van der Waals surface area contributed by atoms with Crippen molar-refractivity contribution >= 4 is 5.69 Å². The second-order valence-corrected chi connectivity index (χ2v) is 4.15. The van der Waals surface area contributed by atoms with Gasteiger partial charge < -0.3 is 4.90 Å². The summed E-state index contributed by atoms with van der Waals surface area (Å²) in [5.41, 5.74) is 2.90. The van der Waals surface area contributed by atoms with Crippen LogP contribution in [0.1, 0.15) is 16.8 Å². The molecule has 2 aromatic rings. The first-order valence-corrected chi connectivity index (χ1v) is 5.80. The van der Waals surface area contributed by atoms with Crippen LogP contribution in [0.15, 0.2) is 42.6 Å². The van der Waals surface area contributed by atoms with Crippen LogP contribution in [0, 0.1) is 22.7 Å². The molecule has 0 radical (unpaired) electrons. The summed E-state index contributed by atoms with van der Waals surface area (Å²) in [5, 5.41) is 17.9. The Kier molecular flexibility index (Phi) is 3.75. The maximum Gasteiger partial charge on any atom is 0.140 e. The lowest BCUT2D eigenvalue weighted by atomic mass is 10.1. The highest BCUT2D eigenvalue weighted by Crippen LogP contribution is 2.20. The molecule has 0 bridgehead atoms. The number of hydrogen-bond acceptors (Lipinski definition) is 4. The molecule has 92 valence electrons. The number of hydrogen-bond donors (Lipinski definition) is 0. The van der Waals surface area contributed by atoms with E-state index in [9.17, 15) is 0 Å². The van der Waals surface area contributed by atoms with Crippen molar-refractivity contribution in [3.05, 3.63) is 59.4 Å². The maximum absolute atomic E-state index is 9.09. The van der Waals surface area contributed by atoms with Gasteiger partial charge in [-0.25, -0.2) is 4.98 Å². The zero-order valence-electron chi connectivity index (χ0n) is 10.5. The molecule has 4 nitrogen and oxygen atoms in total. The number of nitriles is 2. The highest BCUT2D eigenvalue weighted by molar-refractivity contribution is 5.58. The summed E-state index contributed by atoms with van der Waals surface area (Å²) < 4.78 is 0. The number of nitrogens with zero attached hydrogens (tertiary/aromatic N) is 4. The van der Waals surface area contributed by atoms with Crippen LogP contribution >= 0.6 is 0 Å². The molecule has 0 aliphatic rings. The predicted molar refractivity (Wildman–Crippen MR) is 72.2 cm³/mol. The molecule has 0 fully saturated rings. The minimum absolute atomic E-state index is 0.402. The molecular formula is C15H12N4. The second kappa shape index (κ2) is 5.66. The summed E-state index contributed by atoms with van der Waals surface area (Å²) >= 11 is 0. The molecule has 2 rings (SSSR count). The van der Waals surface area contributed by atoms with E-state index in [0.29, 0.717) is 17.8 Å². The third-order valence-corrected chi connectivity index (χ3v) is 2.79. The van der Waals surface area contributed by atoms with Crippen LogP contribution in [0.25, 0.3) is 0 Å². The average Bonchev–Trinajstić information content (AvgIpc) is 2.47. The van der Waals surface area contributed by atoms with Gasteiger partial charge in [0.1, 0.15) is 17.8 Å². The monoisotopic (exact) mass is 248 g/mol. The fourth-order valence-electron chi connectivity index (χ4n) is 1.89. The van der Waals surface area contributed by atoms with Crippen LogP contribution in [0.5, 0.6) is 0 Å². The minimum Gasteiger partial charge on any atom is -0.369 e. The van der Waals surface area contributed by atoms with Crippen molar-refractivity contribution in [2.75, 3.05) is 11.9 Å². The van der Waals surface area contributed by atoms with Crippen LogP contribution in [-0.4, -0.2) is 12.0 Å². The highest BCUT2D eigenvalue weighted by Gasteiger charge is 2.07. The summed E-state index contributed by atoms with van der Waals surface area (Å²) in [6.45, 7) is 0.621. The molecule has 0 atom stereocenters. The van der Waals surface area contributed by atoms with Gasteiger partial charge in [0, 0.05) is 19.8 Å². The molecule has 1 heterocycles. The molecular weight excluding hydrogens is 236 g/mol. The lowest BCUT2D eigenvalue weighted by Gasteiger charge is -2.20. The Hall–Kier alpha value is -2.85. The number of aromatic nitrogens is 1. The van der Waals surface area contributed by atoms with Crippen molar-refractivity contribution < 1.29 is 0 Å². The van der Waals surface area contributed by atoms with Gasteiger partial charge in [-0.05, 0) is 29.8 Å². The highest BCUT2D eigenvalue weighted by atomic mass is 15.1. The van der Waals surface area contributed by atoms with Gasteiger partial charge in [0.25, 0.3) is 0 Å². The first-order valence-electron chi connectivity index (χ1n) is 5.80. The van der Waals surface area contributed by atoms with Crippen molar-refractivity contribution in [3.8, 4) is 12.1 Å². The van der Waals surface area contributed by atoms with E-state index >= 15 is 0 Å². The smallest absolute Gasteiger partial charge is 0.140 e. The molecule has 1 aromatic heterocycles. The third-order valence-electron chi connectivity index (χ3n) is 2.79. The normalized spacial score (nSPS) is 9.42. The Labute approximate surface area is 112 Å². The number of pyridine rings is 1. The fraction of sp³-hybridized carbons (Fsp3) is 0.133. The SMILES string of the molecule is CN(Cc1ccnc(C#N)c1)c1ccccc1C#N. The molecule has 0 saturated heterocycles. The van der Waals surface area contributed by atoms with Gasteiger partial charge >= 0.3 is 0 Å². The van der Waals surface area contributed by atoms with E-state index in [0.717, 1.165) is 11.3 Å². The molecule has 4 heteroatoms. The van der Waals surface area contributed by atoms with E-state index in [2.05, 4.69) is 11.1 Å². The van der Waals surface area contributed by atoms with Crippen LogP contribution in [0.3, 0.4) is 0 Å². The van der Waals surface area contributed by atoms with Crippen LogP contribution in [0.4, 0.5) is 5.69 Å². The van der Waals surface area contributed by atoms with E-state index in [1.807, 2.05) is 42.3 Å². The van der Waals surface area contributed by atoms with Crippen molar-refractivity contribution in [3.63, 3.8) is 0 Å². The van der Waals surface area contributed by atoms with Gasteiger partial charge in [-0.3, -0.25) is 0 Å². The average molecular weight is 248 g/mol. The lowest BCUT2D eigenvalue weighted by molar-refractivity contribution is 0.916. The third kappa shape index (κ3) is 2.88. The zero-order chi connectivity index (χ0) is 13.7. The van der Waals surface area contributed by atoms with Gasteiger partial charge in [-0.1, -0.05) is 12.1 Å². The molecule has 0 saturated carbocycles. The van der Waals surface area contributed by atoms with Gasteiger partial charge in [-0.15, -0.1) is 0 Å². The number of para-hydroxylation sites is 1. The Morgan fingerprint density at radius 1 is 1.16 bits per heavy atom. The fourth-order valence-corrected chi connectivity index (χ4v) is 1.89. The van der Waals surface area contributed by atoms with Crippen molar-refractivity contribution in [1.82, 2.24) is 4.98 Å². The topological polar surface area (TPSA) is 63.7 Å². The Morgan fingerprint density at radius 3 is 2.68 bits per heavy atom. The Balaban J connectivity index is 2.24. The van der Waals surface area contributed by atoms with Crippen molar-refractivity contribution in [1.29, 1.82) is 10.5 Å². The number of benzene rings is 1. The van der Waals surface area contributed by atoms with E-state index in [1.54, 1.807) is 18.3 Å². The van der Waals surface area contributed by atoms with Gasteiger partial charge in [0.05, 0.1) is 11.3 Å². The molecule has 0 aliphatic heterocycles. The Morgan fingerprint density at radius 2 is 1.95 bits per heavy atom. The van der Waals surface area contributed by atoms with Gasteiger partial charge in [-0.2, -0.15) is 10.5 Å². The first-order chi connectivity index (χ1) is 9.24. The number of anilines is 1. The molecule has 0 unspecified atom stereocenters. The molecule has 0 amide bonds. The molecule has 0 spiro atoms. The van der Waals surface area contributed by atoms with Crippen molar-refractivity contribution in [2.45, 2.75) is 6.54 Å². The first kappa shape index (κ1) is 12.6. The second-order valence-electron chi connectivity index (χ2n) is 4.15. The van der Waals surface area contributed by atoms with Gasteiger partial charge in [0.2, 0.25) is 0 Å². The summed E-state index contributed by atoms with van der Waals surface area (Å²) in [4.78, 5) is 5.92. The predicted octanol–water partition coefficient (Wildman–Crippen LogP) is 2.46. The van der Waals surface area contributed by atoms with E-state index < -0.39 is 0 Å². The van der Waals surface area contributed by atoms with Crippen LogP contribution < -0.4 is 4.90 Å². The summed E-state index contributed by atoms with van der Waals surface area (Å²) in [6, 6.07) is 15.3. The molecule has 1 aromatic carbocycles. The minimum atomic E-state index is 0.402. The van der Waals surface area contributed by atoms with Crippen LogP contribution in [-0.2, 0) is 6.54 Å². The molecule has 0 N–H and O–H groups in total. The summed E-state index contributed by atoms with van der Waals surface area (Å²) in [5.74, 6) is 0. The maximum atomic E-state index is 9.09. The van der Waals surface area contributed by atoms with E-state index in [4.69, 9.17) is 10.5 Å². The molecule has 0 aliphatic carbocycles. The Bertz CT molecular complexity index is 664. The van der Waals surface area contributed by atoms with Crippen LogP contribution in [0.2, 0.25) is 0 Å². The summed E-state index contributed by atoms with van der Waals surface area (Å²) in [7, 11) is 1.92. The summed E-state index contributed by atoms with van der Waals surface area (Å²) in [6.07, 6.45) is 1.62. The van der Waals surface area contributed by atoms with Gasteiger partial charge in [0.15, 0.2) is 0 Å². The standard InChI is InChI=1S/C15H12N4/c1-19(15-5-3-2-4-13(15)9-16)11-12-6-7-18-14(8-12)10-17/h2-8H,11H2,1H3. The molecule has 19 heavy (non-hydrogen) atoms. The lowest BCUT2D eigenvalue weighted by Crippen LogP contribution is -2.17. The largest absolute Gasteiger partial charge is 0.369 e. The van der Waals surface area contributed by atoms with E-state index in [1.165, 1.54) is 0 Å². The van der Waals surface area contributed by atoms with E-state index in [-0.39, 0.29) is 0 Å². The zero-order valence-corrected chi connectivity index (χ0v) is 10.5.